The number of benzene rings is 1. The van der Waals surface area contributed by atoms with Crippen LogP contribution in [0.15, 0.2) is 22.6 Å². The van der Waals surface area contributed by atoms with Crippen molar-refractivity contribution >= 4 is 35.1 Å². The van der Waals surface area contributed by atoms with Crippen molar-refractivity contribution in [3.8, 4) is 0 Å². The fourth-order valence-electron chi connectivity index (χ4n) is 3.06. The number of hydrogen-bond donors (Lipinski definition) is 2. The van der Waals surface area contributed by atoms with E-state index in [1.54, 1.807) is 0 Å². The van der Waals surface area contributed by atoms with E-state index in [9.17, 15) is 4.79 Å². The predicted octanol–water partition coefficient (Wildman–Crippen LogP) is 3.46. The fraction of sp³-hybridized carbons (Fsp3) is 0.529. The molecule has 2 fully saturated rings. The van der Waals surface area contributed by atoms with Gasteiger partial charge in [-0.2, -0.15) is 0 Å². The predicted molar refractivity (Wildman–Crippen MR) is 92.1 cm³/mol. The van der Waals surface area contributed by atoms with Gasteiger partial charge >= 0.3 is 0 Å². The molecule has 1 saturated heterocycles. The highest BCUT2D eigenvalue weighted by atomic mass is 35.5. The molecule has 4 rings (SSSR count). The summed E-state index contributed by atoms with van der Waals surface area (Å²) in [6.45, 7) is 3.75. The van der Waals surface area contributed by atoms with E-state index in [-0.39, 0.29) is 23.7 Å². The van der Waals surface area contributed by atoms with Gasteiger partial charge in [-0.15, -0.1) is 12.4 Å². The molecule has 0 spiro atoms. The van der Waals surface area contributed by atoms with E-state index in [1.165, 1.54) is 12.8 Å². The molecule has 1 aliphatic carbocycles. The minimum Gasteiger partial charge on any atom is -0.440 e. The molecule has 2 heterocycles. The Hall–Kier alpha value is -1.59. The summed E-state index contributed by atoms with van der Waals surface area (Å²) in [5, 5.41) is 6.34. The molecule has 124 valence electrons. The maximum Gasteiger partial charge on any atom is 0.231 e. The van der Waals surface area contributed by atoms with Gasteiger partial charge in [0.25, 0.3) is 0 Å². The van der Waals surface area contributed by atoms with Gasteiger partial charge < -0.3 is 15.1 Å². The van der Waals surface area contributed by atoms with E-state index in [4.69, 9.17) is 4.42 Å². The van der Waals surface area contributed by atoms with Gasteiger partial charge in [-0.3, -0.25) is 4.79 Å². The van der Waals surface area contributed by atoms with Crippen LogP contribution < -0.4 is 10.6 Å². The van der Waals surface area contributed by atoms with Crippen LogP contribution in [-0.2, 0) is 4.79 Å². The van der Waals surface area contributed by atoms with Gasteiger partial charge in [0, 0.05) is 18.2 Å². The Kier molecular flexibility index (Phi) is 4.34. The lowest BCUT2D eigenvalue weighted by Crippen LogP contribution is -2.46. The molecule has 1 aromatic heterocycles. The molecule has 2 aliphatic rings. The van der Waals surface area contributed by atoms with Crippen molar-refractivity contribution in [3.05, 3.63) is 24.1 Å². The molecule has 1 atom stereocenters. The van der Waals surface area contributed by atoms with E-state index in [0.29, 0.717) is 5.92 Å². The molecule has 6 heteroatoms. The number of hydrogen-bond acceptors (Lipinski definition) is 4. The van der Waals surface area contributed by atoms with Crippen LogP contribution in [0.5, 0.6) is 0 Å². The second kappa shape index (κ2) is 6.13. The second-order valence-electron chi connectivity index (χ2n) is 6.80. The standard InChI is InChI=1S/C17H21N3O2.ClH/c1-17(7-2-8-18-10-17)16(21)19-12-5-6-14-13(9-12)20-15(22-14)11-3-4-11;/h5-6,9,11,18H,2-4,7-8,10H2,1H3,(H,19,21);1H. The van der Waals surface area contributed by atoms with Crippen LogP contribution in [0.1, 0.15) is 44.4 Å². The zero-order valence-electron chi connectivity index (χ0n) is 13.2. The normalized spacial score (nSPS) is 24.2. The van der Waals surface area contributed by atoms with Crippen LogP contribution in [-0.4, -0.2) is 24.0 Å². The van der Waals surface area contributed by atoms with Crippen molar-refractivity contribution in [2.75, 3.05) is 18.4 Å². The molecule has 5 nitrogen and oxygen atoms in total. The minimum absolute atomic E-state index is 0. The summed E-state index contributed by atoms with van der Waals surface area (Å²) < 4.78 is 5.75. The van der Waals surface area contributed by atoms with Crippen molar-refractivity contribution in [1.82, 2.24) is 10.3 Å². The molecule has 1 aliphatic heterocycles. The van der Waals surface area contributed by atoms with E-state index < -0.39 is 0 Å². The summed E-state index contributed by atoms with van der Waals surface area (Å²) in [6.07, 6.45) is 4.30. The topological polar surface area (TPSA) is 67.2 Å². The van der Waals surface area contributed by atoms with Crippen LogP contribution in [0.2, 0.25) is 0 Å². The summed E-state index contributed by atoms with van der Waals surface area (Å²) in [5.41, 5.74) is 2.08. The number of halogens is 1. The first-order valence-corrected chi connectivity index (χ1v) is 8.07. The highest BCUT2D eigenvalue weighted by Crippen LogP contribution is 2.40. The Morgan fingerprint density at radius 2 is 2.26 bits per heavy atom. The number of nitrogens with one attached hydrogen (secondary N) is 2. The van der Waals surface area contributed by atoms with Gasteiger partial charge in [0.15, 0.2) is 11.5 Å². The van der Waals surface area contributed by atoms with E-state index in [1.807, 2.05) is 25.1 Å². The molecule has 2 aromatic rings. The van der Waals surface area contributed by atoms with Gasteiger partial charge in [0.2, 0.25) is 5.91 Å². The van der Waals surface area contributed by atoms with Gasteiger partial charge in [-0.1, -0.05) is 0 Å². The Morgan fingerprint density at radius 1 is 1.43 bits per heavy atom. The number of rotatable bonds is 3. The molecule has 2 N–H and O–H groups in total. The summed E-state index contributed by atoms with van der Waals surface area (Å²) in [6, 6.07) is 5.69. The van der Waals surface area contributed by atoms with Gasteiger partial charge in [-0.05, 0) is 57.4 Å². The largest absolute Gasteiger partial charge is 0.440 e. The van der Waals surface area contributed by atoms with E-state index in [0.717, 1.165) is 48.6 Å². The number of fused-ring (bicyclic) bond motifs is 1. The first-order chi connectivity index (χ1) is 10.6. The van der Waals surface area contributed by atoms with Crippen molar-refractivity contribution in [1.29, 1.82) is 0 Å². The SMILES string of the molecule is CC1(C(=O)Nc2ccc3oc(C4CC4)nc3c2)CCCNC1.Cl. The highest BCUT2D eigenvalue weighted by molar-refractivity contribution is 5.96. The molecule has 1 aromatic carbocycles. The van der Waals surface area contributed by atoms with Crippen molar-refractivity contribution in [3.63, 3.8) is 0 Å². The number of nitrogens with zero attached hydrogens (tertiary/aromatic N) is 1. The molecular weight excluding hydrogens is 314 g/mol. The van der Waals surface area contributed by atoms with Crippen molar-refractivity contribution in [2.24, 2.45) is 5.41 Å². The Morgan fingerprint density at radius 3 is 2.96 bits per heavy atom. The van der Waals surface area contributed by atoms with E-state index in [2.05, 4.69) is 15.6 Å². The molecule has 23 heavy (non-hydrogen) atoms. The van der Waals surface area contributed by atoms with Crippen LogP contribution in [0, 0.1) is 5.41 Å². The first kappa shape index (κ1) is 16.3. The smallest absolute Gasteiger partial charge is 0.231 e. The molecular formula is C17H22ClN3O2. The van der Waals surface area contributed by atoms with Crippen LogP contribution in [0.4, 0.5) is 5.69 Å². The van der Waals surface area contributed by atoms with Crippen molar-refractivity contribution < 1.29 is 9.21 Å². The summed E-state index contributed by atoms with van der Waals surface area (Å²) in [5.74, 6) is 1.41. The molecule has 1 saturated carbocycles. The molecule has 0 bridgehead atoms. The molecule has 1 amide bonds. The minimum atomic E-state index is -0.337. The number of amides is 1. The summed E-state index contributed by atoms with van der Waals surface area (Å²) in [4.78, 5) is 17.1. The Bertz CT molecular complexity index is 718. The van der Waals surface area contributed by atoms with Gasteiger partial charge in [0.05, 0.1) is 5.41 Å². The summed E-state index contributed by atoms with van der Waals surface area (Å²) >= 11 is 0. The Balaban J connectivity index is 0.00000156. The molecule has 1 unspecified atom stereocenters. The van der Waals surface area contributed by atoms with Gasteiger partial charge in [0.1, 0.15) is 5.52 Å². The lowest BCUT2D eigenvalue weighted by molar-refractivity contribution is -0.125. The summed E-state index contributed by atoms with van der Waals surface area (Å²) in [7, 11) is 0. The number of aromatic nitrogens is 1. The first-order valence-electron chi connectivity index (χ1n) is 8.07. The Labute approximate surface area is 141 Å². The zero-order valence-corrected chi connectivity index (χ0v) is 14.0. The highest BCUT2D eigenvalue weighted by Gasteiger charge is 2.34. The zero-order chi connectivity index (χ0) is 15.2. The van der Waals surface area contributed by atoms with Crippen LogP contribution >= 0.6 is 12.4 Å². The third kappa shape index (κ3) is 3.21. The van der Waals surface area contributed by atoms with Gasteiger partial charge in [-0.25, -0.2) is 4.98 Å². The van der Waals surface area contributed by atoms with Crippen LogP contribution in [0.3, 0.4) is 0 Å². The number of oxazole rings is 1. The number of carbonyl (C=O) groups is 1. The number of anilines is 1. The average molecular weight is 336 g/mol. The molecule has 0 radical (unpaired) electrons. The van der Waals surface area contributed by atoms with E-state index >= 15 is 0 Å². The second-order valence-corrected chi connectivity index (χ2v) is 6.80. The maximum atomic E-state index is 12.6. The number of carbonyl (C=O) groups excluding carboxylic acids is 1. The monoisotopic (exact) mass is 335 g/mol. The third-order valence-corrected chi connectivity index (χ3v) is 4.73. The fourth-order valence-corrected chi connectivity index (χ4v) is 3.06. The lowest BCUT2D eigenvalue weighted by Gasteiger charge is -2.32. The number of piperidine rings is 1. The van der Waals surface area contributed by atoms with Crippen LogP contribution in [0.25, 0.3) is 11.1 Å². The van der Waals surface area contributed by atoms with Crippen molar-refractivity contribution in [2.45, 2.75) is 38.5 Å². The lowest BCUT2D eigenvalue weighted by atomic mass is 9.82. The quantitative estimate of drug-likeness (QED) is 0.901. The maximum absolute atomic E-state index is 12.6. The third-order valence-electron chi connectivity index (χ3n) is 4.73. The average Bonchev–Trinajstić information content (AvgIpc) is 3.28.